The van der Waals surface area contributed by atoms with Crippen molar-refractivity contribution in [3.05, 3.63) is 65.4 Å². The monoisotopic (exact) mass is 337 g/mol. The lowest BCUT2D eigenvalue weighted by atomic mass is 10.0. The highest BCUT2D eigenvalue weighted by atomic mass is 16.5. The number of carbonyl (C=O) groups excluding carboxylic acids is 2. The van der Waals surface area contributed by atoms with E-state index in [2.05, 4.69) is 5.32 Å². The number of furan rings is 1. The zero-order valence-electron chi connectivity index (χ0n) is 14.2. The first kappa shape index (κ1) is 16.8. The SMILES string of the molecule is Cc1ccc2c(CC(=O)OCC(=O)Nc3ccccc3)coc2c1C. The maximum Gasteiger partial charge on any atom is 0.310 e. The quantitative estimate of drug-likeness (QED) is 0.720. The molecule has 128 valence electrons. The van der Waals surface area contributed by atoms with E-state index in [9.17, 15) is 9.59 Å². The Bertz CT molecular complexity index is 912. The second-order valence-corrected chi connectivity index (χ2v) is 5.90. The Morgan fingerprint density at radius 1 is 1.08 bits per heavy atom. The Labute approximate surface area is 145 Å². The molecule has 25 heavy (non-hydrogen) atoms. The topological polar surface area (TPSA) is 68.5 Å². The number of benzene rings is 2. The summed E-state index contributed by atoms with van der Waals surface area (Å²) in [6, 6.07) is 12.9. The van der Waals surface area contributed by atoms with E-state index in [1.807, 2.05) is 44.2 Å². The Morgan fingerprint density at radius 3 is 2.60 bits per heavy atom. The summed E-state index contributed by atoms with van der Waals surface area (Å²) in [5, 5.41) is 3.56. The molecule has 0 saturated heterocycles. The fourth-order valence-electron chi connectivity index (χ4n) is 2.60. The van der Waals surface area contributed by atoms with Gasteiger partial charge in [-0.25, -0.2) is 0 Å². The fourth-order valence-corrected chi connectivity index (χ4v) is 2.60. The van der Waals surface area contributed by atoms with Gasteiger partial charge in [0.25, 0.3) is 5.91 Å². The lowest BCUT2D eigenvalue weighted by Gasteiger charge is -2.06. The number of anilines is 1. The van der Waals surface area contributed by atoms with Gasteiger partial charge in [-0.15, -0.1) is 0 Å². The summed E-state index contributed by atoms with van der Waals surface area (Å²) < 4.78 is 10.6. The van der Waals surface area contributed by atoms with Crippen molar-refractivity contribution in [1.82, 2.24) is 0 Å². The molecule has 0 radical (unpaired) electrons. The molecule has 1 N–H and O–H groups in total. The second kappa shape index (κ2) is 7.21. The van der Waals surface area contributed by atoms with Crippen LogP contribution in [0.2, 0.25) is 0 Å². The zero-order chi connectivity index (χ0) is 17.8. The number of nitrogens with one attached hydrogen (secondary N) is 1. The largest absolute Gasteiger partial charge is 0.464 e. The number of hydrogen-bond acceptors (Lipinski definition) is 4. The number of ether oxygens (including phenoxy) is 1. The smallest absolute Gasteiger partial charge is 0.310 e. The van der Waals surface area contributed by atoms with E-state index in [0.29, 0.717) is 5.69 Å². The zero-order valence-corrected chi connectivity index (χ0v) is 14.2. The molecule has 2 aromatic carbocycles. The van der Waals surface area contributed by atoms with Gasteiger partial charge in [0.05, 0.1) is 12.7 Å². The van der Waals surface area contributed by atoms with E-state index in [-0.39, 0.29) is 18.9 Å². The van der Waals surface area contributed by atoms with Gasteiger partial charge in [-0.05, 0) is 37.1 Å². The first-order valence-electron chi connectivity index (χ1n) is 8.01. The molecule has 0 unspecified atom stereocenters. The van der Waals surface area contributed by atoms with E-state index in [0.717, 1.165) is 27.7 Å². The number of rotatable bonds is 5. The second-order valence-electron chi connectivity index (χ2n) is 5.90. The molecular formula is C20H19NO4. The summed E-state index contributed by atoms with van der Waals surface area (Å²) in [6.07, 6.45) is 1.64. The predicted octanol–water partition coefficient (Wildman–Crippen LogP) is 3.77. The van der Waals surface area contributed by atoms with E-state index >= 15 is 0 Å². The molecule has 3 rings (SSSR count). The van der Waals surface area contributed by atoms with Crippen LogP contribution in [-0.2, 0) is 20.7 Å². The molecule has 0 atom stereocenters. The number of amides is 1. The van der Waals surface area contributed by atoms with Crippen LogP contribution in [-0.4, -0.2) is 18.5 Å². The van der Waals surface area contributed by atoms with Crippen LogP contribution in [0.5, 0.6) is 0 Å². The fraction of sp³-hybridized carbons (Fsp3) is 0.200. The summed E-state index contributed by atoms with van der Waals surface area (Å²) in [4.78, 5) is 23.8. The van der Waals surface area contributed by atoms with Gasteiger partial charge in [0.1, 0.15) is 5.58 Å². The van der Waals surface area contributed by atoms with Gasteiger partial charge in [0.2, 0.25) is 0 Å². The molecule has 5 heteroatoms. The van der Waals surface area contributed by atoms with Gasteiger partial charge in [-0.2, -0.15) is 0 Å². The summed E-state index contributed by atoms with van der Waals surface area (Å²) in [5.41, 5.74) is 4.39. The van der Waals surface area contributed by atoms with Gasteiger partial charge in [0.15, 0.2) is 6.61 Å². The average molecular weight is 337 g/mol. The number of carbonyl (C=O) groups is 2. The van der Waals surface area contributed by atoms with Crippen molar-refractivity contribution in [3.8, 4) is 0 Å². The van der Waals surface area contributed by atoms with Crippen LogP contribution < -0.4 is 5.32 Å². The Balaban J connectivity index is 1.58. The molecule has 0 saturated carbocycles. The van der Waals surface area contributed by atoms with Crippen molar-refractivity contribution in [2.75, 3.05) is 11.9 Å². The molecule has 0 spiro atoms. The summed E-state index contributed by atoms with van der Waals surface area (Å²) >= 11 is 0. The number of hydrogen-bond donors (Lipinski definition) is 1. The standard InChI is InChI=1S/C20H19NO4/c1-13-8-9-17-15(11-25-20(17)14(13)2)10-19(23)24-12-18(22)21-16-6-4-3-5-7-16/h3-9,11H,10,12H2,1-2H3,(H,21,22). The normalized spacial score (nSPS) is 10.6. The third-order valence-corrected chi connectivity index (χ3v) is 4.10. The number of aryl methyl sites for hydroxylation is 2. The van der Waals surface area contributed by atoms with Crippen LogP contribution in [0.25, 0.3) is 11.0 Å². The number of esters is 1. The van der Waals surface area contributed by atoms with E-state index in [1.54, 1.807) is 18.4 Å². The Hall–Kier alpha value is -3.08. The van der Waals surface area contributed by atoms with Gasteiger partial charge in [0, 0.05) is 16.6 Å². The third kappa shape index (κ3) is 3.88. The molecule has 1 amide bonds. The molecule has 0 fully saturated rings. The van der Waals surface area contributed by atoms with Gasteiger partial charge in [-0.1, -0.05) is 30.3 Å². The maximum absolute atomic E-state index is 12.0. The molecule has 0 aliphatic carbocycles. The highest BCUT2D eigenvalue weighted by Crippen LogP contribution is 2.26. The minimum Gasteiger partial charge on any atom is -0.464 e. The van der Waals surface area contributed by atoms with Crippen molar-refractivity contribution >= 4 is 28.5 Å². The van der Waals surface area contributed by atoms with Crippen LogP contribution in [0.15, 0.2) is 53.1 Å². The van der Waals surface area contributed by atoms with Crippen LogP contribution in [0, 0.1) is 13.8 Å². The predicted molar refractivity (Wildman–Crippen MR) is 95.4 cm³/mol. The lowest BCUT2D eigenvalue weighted by molar-refractivity contribution is -0.146. The molecule has 0 bridgehead atoms. The molecule has 0 aliphatic rings. The molecular weight excluding hydrogens is 318 g/mol. The van der Waals surface area contributed by atoms with Crippen LogP contribution in [0.4, 0.5) is 5.69 Å². The van der Waals surface area contributed by atoms with E-state index < -0.39 is 5.97 Å². The highest BCUT2D eigenvalue weighted by Gasteiger charge is 2.14. The third-order valence-electron chi connectivity index (χ3n) is 4.10. The lowest BCUT2D eigenvalue weighted by Crippen LogP contribution is -2.21. The van der Waals surface area contributed by atoms with Gasteiger partial charge >= 0.3 is 5.97 Å². The Morgan fingerprint density at radius 2 is 1.84 bits per heavy atom. The van der Waals surface area contributed by atoms with Crippen molar-refractivity contribution in [3.63, 3.8) is 0 Å². The van der Waals surface area contributed by atoms with E-state index in [4.69, 9.17) is 9.15 Å². The Kier molecular flexibility index (Phi) is 4.84. The van der Waals surface area contributed by atoms with Crippen molar-refractivity contribution in [1.29, 1.82) is 0 Å². The molecule has 5 nitrogen and oxygen atoms in total. The number of para-hydroxylation sites is 1. The van der Waals surface area contributed by atoms with Crippen molar-refractivity contribution < 1.29 is 18.7 Å². The summed E-state index contributed by atoms with van der Waals surface area (Å²) in [7, 11) is 0. The van der Waals surface area contributed by atoms with Gasteiger partial charge < -0.3 is 14.5 Å². The van der Waals surface area contributed by atoms with E-state index in [1.165, 1.54) is 0 Å². The molecule has 0 aliphatic heterocycles. The summed E-state index contributed by atoms with van der Waals surface area (Å²) in [6.45, 7) is 3.68. The van der Waals surface area contributed by atoms with Crippen molar-refractivity contribution in [2.24, 2.45) is 0 Å². The minimum absolute atomic E-state index is 0.0636. The molecule has 1 aromatic heterocycles. The minimum atomic E-state index is -0.468. The van der Waals surface area contributed by atoms with Gasteiger partial charge in [-0.3, -0.25) is 9.59 Å². The first-order chi connectivity index (χ1) is 12.0. The molecule has 1 heterocycles. The van der Waals surface area contributed by atoms with Crippen molar-refractivity contribution in [2.45, 2.75) is 20.3 Å². The first-order valence-corrected chi connectivity index (χ1v) is 8.01. The number of fused-ring (bicyclic) bond motifs is 1. The highest BCUT2D eigenvalue weighted by molar-refractivity contribution is 5.93. The van der Waals surface area contributed by atoms with Crippen LogP contribution >= 0.6 is 0 Å². The van der Waals surface area contributed by atoms with Crippen LogP contribution in [0.3, 0.4) is 0 Å². The maximum atomic E-state index is 12.0. The summed E-state index contributed by atoms with van der Waals surface area (Å²) in [5.74, 6) is -0.841. The molecule has 3 aromatic rings. The average Bonchev–Trinajstić information content (AvgIpc) is 3.01. The van der Waals surface area contributed by atoms with Crippen LogP contribution in [0.1, 0.15) is 16.7 Å².